The van der Waals surface area contributed by atoms with Crippen LogP contribution < -0.4 is 16.6 Å². The Morgan fingerprint density at radius 2 is 2.50 bits per heavy atom. The van der Waals surface area contributed by atoms with E-state index in [4.69, 9.17) is 5.84 Å². The van der Waals surface area contributed by atoms with Gasteiger partial charge >= 0.3 is 6.03 Å². The Morgan fingerprint density at radius 1 is 1.88 bits per heavy atom. The summed E-state index contributed by atoms with van der Waals surface area (Å²) < 4.78 is 4.49. The van der Waals surface area contributed by atoms with E-state index in [-0.39, 0.29) is 6.73 Å². The van der Waals surface area contributed by atoms with Crippen molar-refractivity contribution in [3.63, 3.8) is 0 Å². The number of amides is 2. The molecular weight excluding hydrogens is 110 g/mol. The molecule has 2 amide bonds. The molecule has 0 bridgehead atoms. The van der Waals surface area contributed by atoms with Crippen molar-refractivity contribution in [1.29, 1.82) is 0 Å². The van der Waals surface area contributed by atoms with E-state index in [1.807, 2.05) is 5.43 Å². The van der Waals surface area contributed by atoms with Gasteiger partial charge in [0.15, 0.2) is 0 Å². The third-order valence-corrected chi connectivity index (χ3v) is 0.508. The van der Waals surface area contributed by atoms with E-state index in [0.717, 1.165) is 0 Å². The second kappa shape index (κ2) is 4.35. The highest BCUT2D eigenvalue weighted by Crippen LogP contribution is 1.59. The Labute approximate surface area is 47.2 Å². The van der Waals surface area contributed by atoms with E-state index >= 15 is 0 Å². The summed E-state index contributed by atoms with van der Waals surface area (Å²) in [4.78, 5) is 10.1. The van der Waals surface area contributed by atoms with Crippen LogP contribution in [-0.2, 0) is 4.74 Å². The maximum Gasteiger partial charge on any atom is 0.330 e. The molecule has 0 unspecified atom stereocenters. The van der Waals surface area contributed by atoms with Gasteiger partial charge in [0.1, 0.15) is 6.73 Å². The van der Waals surface area contributed by atoms with Gasteiger partial charge in [0.25, 0.3) is 0 Å². The van der Waals surface area contributed by atoms with Crippen LogP contribution in [0, 0.1) is 0 Å². The number of carbonyl (C=O) groups is 1. The van der Waals surface area contributed by atoms with Gasteiger partial charge in [-0.05, 0) is 0 Å². The number of hydrogen-bond acceptors (Lipinski definition) is 3. The minimum Gasteiger partial charge on any atom is -0.364 e. The van der Waals surface area contributed by atoms with Crippen molar-refractivity contribution in [3.05, 3.63) is 0 Å². The Morgan fingerprint density at radius 3 is 2.88 bits per heavy atom. The lowest BCUT2D eigenvalue weighted by Crippen LogP contribution is -2.40. The van der Waals surface area contributed by atoms with Gasteiger partial charge in [-0.25, -0.2) is 10.6 Å². The zero-order valence-corrected chi connectivity index (χ0v) is 4.60. The molecule has 4 N–H and O–H groups in total. The predicted octanol–water partition coefficient (Wildman–Crippen LogP) is -1.24. The van der Waals surface area contributed by atoms with Crippen LogP contribution in [0.15, 0.2) is 0 Å². The van der Waals surface area contributed by atoms with Crippen molar-refractivity contribution in [1.82, 2.24) is 10.7 Å². The average Bonchev–Trinajstić information content (AvgIpc) is 1.83. The zero-order chi connectivity index (χ0) is 6.41. The average molecular weight is 119 g/mol. The third kappa shape index (κ3) is 3.38. The van der Waals surface area contributed by atoms with Gasteiger partial charge in [0, 0.05) is 7.11 Å². The van der Waals surface area contributed by atoms with Crippen LogP contribution in [0.25, 0.3) is 0 Å². The van der Waals surface area contributed by atoms with E-state index in [9.17, 15) is 4.79 Å². The topological polar surface area (TPSA) is 76.4 Å². The molecule has 0 aliphatic rings. The molecule has 0 aromatic rings. The maximum atomic E-state index is 10.1. The Balaban J connectivity index is 2.99. The number of nitrogens with one attached hydrogen (secondary N) is 2. The molecule has 0 aliphatic carbocycles. The summed E-state index contributed by atoms with van der Waals surface area (Å²) in [6, 6.07) is -0.452. The smallest absolute Gasteiger partial charge is 0.330 e. The minimum atomic E-state index is -0.452. The van der Waals surface area contributed by atoms with Crippen LogP contribution in [0.2, 0.25) is 0 Å². The summed E-state index contributed by atoms with van der Waals surface area (Å²) in [5.41, 5.74) is 1.87. The lowest BCUT2D eigenvalue weighted by atomic mass is 11.0. The number of methoxy groups -OCH3 is 1. The number of rotatable bonds is 2. The SMILES string of the molecule is COCNC(=O)NN. The van der Waals surface area contributed by atoms with Crippen LogP contribution >= 0.6 is 0 Å². The standard InChI is InChI=1S/C3H9N3O2/c1-8-2-5-3(7)6-4/h2,4H2,1H3,(H2,5,6,7). The second-order valence-electron chi connectivity index (χ2n) is 1.08. The van der Waals surface area contributed by atoms with Gasteiger partial charge in [0.05, 0.1) is 0 Å². The van der Waals surface area contributed by atoms with Crippen molar-refractivity contribution in [2.24, 2.45) is 5.84 Å². The highest BCUT2D eigenvalue weighted by molar-refractivity contribution is 5.72. The van der Waals surface area contributed by atoms with Gasteiger partial charge in [-0.2, -0.15) is 0 Å². The first-order valence-electron chi connectivity index (χ1n) is 2.04. The molecule has 0 saturated carbocycles. The predicted molar refractivity (Wildman–Crippen MR) is 27.7 cm³/mol. The van der Waals surface area contributed by atoms with Crippen molar-refractivity contribution in [2.75, 3.05) is 13.8 Å². The first-order chi connectivity index (χ1) is 3.81. The second-order valence-corrected chi connectivity index (χ2v) is 1.08. The summed E-state index contributed by atoms with van der Waals surface area (Å²) in [5, 5.41) is 2.28. The fourth-order valence-electron chi connectivity index (χ4n) is 0.189. The Kier molecular flexibility index (Phi) is 3.91. The fraction of sp³-hybridized carbons (Fsp3) is 0.667. The maximum absolute atomic E-state index is 10.1. The molecule has 8 heavy (non-hydrogen) atoms. The molecule has 0 rings (SSSR count). The lowest BCUT2D eigenvalue weighted by Gasteiger charge is -1.99. The summed E-state index contributed by atoms with van der Waals surface area (Å²) in [7, 11) is 1.47. The lowest BCUT2D eigenvalue weighted by molar-refractivity contribution is 0.172. The van der Waals surface area contributed by atoms with Gasteiger partial charge in [-0.3, -0.25) is 5.43 Å². The molecule has 0 radical (unpaired) electrons. The summed E-state index contributed by atoms with van der Waals surface area (Å²) >= 11 is 0. The first kappa shape index (κ1) is 7.19. The highest BCUT2D eigenvalue weighted by Gasteiger charge is 1.89. The minimum absolute atomic E-state index is 0.170. The van der Waals surface area contributed by atoms with E-state index in [1.165, 1.54) is 7.11 Å². The van der Waals surface area contributed by atoms with E-state index in [2.05, 4.69) is 10.1 Å². The van der Waals surface area contributed by atoms with Crippen molar-refractivity contribution < 1.29 is 9.53 Å². The van der Waals surface area contributed by atoms with Crippen molar-refractivity contribution >= 4 is 6.03 Å². The van der Waals surface area contributed by atoms with E-state index in [0.29, 0.717) is 0 Å². The molecule has 0 aromatic carbocycles. The molecule has 0 spiro atoms. The zero-order valence-electron chi connectivity index (χ0n) is 4.60. The number of ether oxygens (including phenoxy) is 1. The van der Waals surface area contributed by atoms with Gasteiger partial charge < -0.3 is 10.1 Å². The molecule has 0 aromatic heterocycles. The van der Waals surface area contributed by atoms with Gasteiger partial charge in [-0.1, -0.05) is 0 Å². The van der Waals surface area contributed by atoms with E-state index in [1.54, 1.807) is 0 Å². The summed E-state index contributed by atoms with van der Waals surface area (Å²) in [5.74, 6) is 4.70. The van der Waals surface area contributed by atoms with Crippen LogP contribution in [0.3, 0.4) is 0 Å². The molecule has 0 fully saturated rings. The number of nitrogens with two attached hydrogens (primary N) is 1. The number of hydrogen-bond donors (Lipinski definition) is 3. The van der Waals surface area contributed by atoms with Crippen LogP contribution in [0.1, 0.15) is 0 Å². The quantitative estimate of drug-likeness (QED) is 0.184. The van der Waals surface area contributed by atoms with Gasteiger partial charge in [-0.15, -0.1) is 0 Å². The van der Waals surface area contributed by atoms with Crippen molar-refractivity contribution in [3.8, 4) is 0 Å². The number of hydrazine groups is 1. The van der Waals surface area contributed by atoms with E-state index < -0.39 is 6.03 Å². The fourth-order valence-corrected chi connectivity index (χ4v) is 0.189. The first-order valence-corrected chi connectivity index (χ1v) is 2.04. The molecule has 0 atom stereocenters. The number of urea groups is 1. The molecule has 5 heteroatoms. The molecule has 0 saturated heterocycles. The summed E-state index contributed by atoms with van der Waals surface area (Å²) in [6.45, 7) is 0.170. The molecule has 0 heterocycles. The monoisotopic (exact) mass is 119 g/mol. The Bertz CT molecular complexity index is 74.9. The van der Waals surface area contributed by atoms with Crippen LogP contribution in [0.4, 0.5) is 4.79 Å². The summed E-state index contributed by atoms with van der Waals surface area (Å²) in [6.07, 6.45) is 0. The molecule has 48 valence electrons. The highest BCUT2D eigenvalue weighted by atomic mass is 16.5. The third-order valence-electron chi connectivity index (χ3n) is 0.508. The largest absolute Gasteiger partial charge is 0.364 e. The van der Waals surface area contributed by atoms with Crippen molar-refractivity contribution in [2.45, 2.75) is 0 Å². The normalized spacial score (nSPS) is 8.25. The molecular formula is C3H9N3O2. The van der Waals surface area contributed by atoms with Crippen LogP contribution in [-0.4, -0.2) is 19.9 Å². The van der Waals surface area contributed by atoms with Crippen LogP contribution in [0.5, 0.6) is 0 Å². The molecule has 0 aliphatic heterocycles. The van der Waals surface area contributed by atoms with Gasteiger partial charge in [0.2, 0.25) is 0 Å². The number of carbonyl (C=O) groups excluding carboxylic acids is 1. The Hall–Kier alpha value is -0.810. The molecule has 5 nitrogen and oxygen atoms in total.